The highest BCUT2D eigenvalue weighted by Crippen LogP contribution is 2.32. The van der Waals surface area contributed by atoms with Gasteiger partial charge in [-0.1, -0.05) is 12.1 Å². The van der Waals surface area contributed by atoms with Crippen LogP contribution < -0.4 is 4.74 Å². The van der Waals surface area contributed by atoms with Gasteiger partial charge in [-0.25, -0.2) is 8.42 Å². The van der Waals surface area contributed by atoms with Crippen LogP contribution in [0.5, 0.6) is 5.75 Å². The van der Waals surface area contributed by atoms with Crippen LogP contribution in [0.15, 0.2) is 53.4 Å². The Balaban J connectivity index is 1.70. The van der Waals surface area contributed by atoms with Gasteiger partial charge in [0.05, 0.1) is 16.0 Å². The highest BCUT2D eigenvalue weighted by molar-refractivity contribution is 7.89. The van der Waals surface area contributed by atoms with E-state index in [1.165, 1.54) is 6.07 Å². The van der Waals surface area contributed by atoms with Gasteiger partial charge in [0.25, 0.3) is 5.91 Å². The van der Waals surface area contributed by atoms with Crippen LogP contribution in [0.25, 0.3) is 0 Å². The van der Waals surface area contributed by atoms with Crippen molar-refractivity contribution in [2.75, 3.05) is 26.2 Å². The predicted molar refractivity (Wildman–Crippen MR) is 99.2 cm³/mol. The van der Waals surface area contributed by atoms with Crippen LogP contribution in [0, 0.1) is 0 Å². The number of carbonyl (C=O) groups excluding carboxylic acids is 1. The van der Waals surface area contributed by atoms with Crippen molar-refractivity contribution in [1.82, 2.24) is 9.21 Å². The first kappa shape index (κ1) is 23.9. The van der Waals surface area contributed by atoms with Crippen molar-refractivity contribution in [3.05, 3.63) is 59.7 Å². The molecule has 13 heteroatoms. The molecule has 0 spiro atoms. The van der Waals surface area contributed by atoms with Gasteiger partial charge in [-0.15, -0.1) is 13.2 Å². The van der Waals surface area contributed by atoms with Gasteiger partial charge in [-0.3, -0.25) is 4.79 Å². The number of ether oxygens (including phenoxy) is 1. The number of piperazine rings is 1. The van der Waals surface area contributed by atoms with E-state index in [0.29, 0.717) is 0 Å². The molecule has 0 aromatic heterocycles. The molecule has 1 saturated heterocycles. The number of nitrogens with zero attached hydrogens (tertiary/aromatic N) is 2. The maximum absolute atomic E-state index is 13.2. The summed E-state index contributed by atoms with van der Waals surface area (Å²) in [7, 11) is -4.09. The number of hydrogen-bond donors (Lipinski definition) is 0. The van der Waals surface area contributed by atoms with E-state index >= 15 is 0 Å². The van der Waals surface area contributed by atoms with Crippen LogP contribution in [0.1, 0.15) is 15.9 Å². The lowest BCUT2D eigenvalue weighted by Gasteiger charge is -2.34. The molecule has 0 radical (unpaired) electrons. The van der Waals surface area contributed by atoms with Crippen molar-refractivity contribution in [2.24, 2.45) is 0 Å². The minimum absolute atomic E-state index is 0.153. The molecule has 1 aliphatic rings. The van der Waals surface area contributed by atoms with E-state index in [9.17, 15) is 39.6 Å². The maximum atomic E-state index is 13.2. The average molecular weight is 482 g/mol. The average Bonchev–Trinajstić information content (AvgIpc) is 2.72. The molecule has 32 heavy (non-hydrogen) atoms. The number of hydrogen-bond acceptors (Lipinski definition) is 4. The van der Waals surface area contributed by atoms with Gasteiger partial charge in [0.2, 0.25) is 10.0 Å². The van der Waals surface area contributed by atoms with Gasteiger partial charge in [0.15, 0.2) is 0 Å². The summed E-state index contributed by atoms with van der Waals surface area (Å²) in [6.07, 6.45) is -9.65. The standard InChI is InChI=1S/C19H16F6N2O4S/c20-18(21,22)16-4-2-1-3-15(16)17(28)26-9-11-27(12-10-26)32(29,30)14-7-5-13(6-8-14)31-19(23,24)25/h1-8H,9-12H2. The predicted octanol–water partition coefficient (Wildman–Crippen LogP) is 3.75. The number of benzene rings is 2. The molecule has 0 saturated carbocycles. The molecule has 0 unspecified atom stereocenters. The molecule has 1 amide bonds. The minimum Gasteiger partial charge on any atom is -0.406 e. The summed E-state index contributed by atoms with van der Waals surface area (Å²) in [6, 6.07) is 7.92. The summed E-state index contributed by atoms with van der Waals surface area (Å²) >= 11 is 0. The van der Waals surface area contributed by atoms with Gasteiger partial charge in [0.1, 0.15) is 5.75 Å². The van der Waals surface area contributed by atoms with Gasteiger partial charge >= 0.3 is 12.5 Å². The Kier molecular flexibility index (Phi) is 6.43. The highest BCUT2D eigenvalue weighted by atomic mass is 32.2. The molecule has 0 aliphatic carbocycles. The summed E-state index contributed by atoms with van der Waals surface area (Å²) in [4.78, 5) is 13.4. The van der Waals surface area contributed by atoms with Crippen molar-refractivity contribution >= 4 is 15.9 Å². The third kappa shape index (κ3) is 5.33. The first-order valence-corrected chi connectivity index (χ1v) is 10.5. The van der Waals surface area contributed by atoms with Gasteiger partial charge in [-0.05, 0) is 36.4 Å². The number of alkyl halides is 6. The molecule has 0 bridgehead atoms. The Labute approximate surface area is 179 Å². The molecule has 0 N–H and O–H groups in total. The van der Waals surface area contributed by atoms with E-state index < -0.39 is 45.3 Å². The zero-order chi connectivity index (χ0) is 23.7. The third-order valence-electron chi connectivity index (χ3n) is 4.68. The fourth-order valence-electron chi connectivity index (χ4n) is 3.18. The number of rotatable bonds is 4. The molecule has 1 heterocycles. The van der Waals surface area contributed by atoms with Gasteiger partial charge in [-0.2, -0.15) is 17.5 Å². The summed E-state index contributed by atoms with van der Waals surface area (Å²) in [6.45, 7) is -0.689. The van der Waals surface area contributed by atoms with E-state index in [4.69, 9.17) is 0 Å². The Morgan fingerprint density at radius 3 is 1.94 bits per heavy atom. The number of sulfonamides is 1. The lowest BCUT2D eigenvalue weighted by atomic mass is 10.1. The first-order valence-electron chi connectivity index (χ1n) is 9.10. The Morgan fingerprint density at radius 1 is 0.844 bits per heavy atom. The molecule has 174 valence electrons. The zero-order valence-corrected chi connectivity index (χ0v) is 17.0. The van der Waals surface area contributed by atoms with Crippen molar-refractivity contribution in [3.8, 4) is 5.75 Å². The summed E-state index contributed by atoms with van der Waals surface area (Å²) in [5, 5.41) is 0. The molecular weight excluding hydrogens is 466 g/mol. The lowest BCUT2D eigenvalue weighted by Crippen LogP contribution is -2.50. The van der Waals surface area contributed by atoms with Crippen LogP contribution in [0.3, 0.4) is 0 Å². The Morgan fingerprint density at radius 2 is 1.41 bits per heavy atom. The smallest absolute Gasteiger partial charge is 0.406 e. The van der Waals surface area contributed by atoms with Crippen LogP contribution in [0.2, 0.25) is 0 Å². The number of halogens is 6. The van der Waals surface area contributed by atoms with Crippen LogP contribution >= 0.6 is 0 Å². The molecule has 1 fully saturated rings. The monoisotopic (exact) mass is 482 g/mol. The van der Waals surface area contributed by atoms with E-state index in [1.54, 1.807) is 0 Å². The summed E-state index contributed by atoms with van der Waals surface area (Å²) in [5.74, 6) is -1.46. The van der Waals surface area contributed by atoms with Crippen molar-refractivity contribution in [1.29, 1.82) is 0 Å². The van der Waals surface area contributed by atoms with Crippen LogP contribution in [-0.2, 0) is 16.2 Å². The van der Waals surface area contributed by atoms with Gasteiger partial charge < -0.3 is 9.64 Å². The second-order valence-electron chi connectivity index (χ2n) is 6.76. The maximum Gasteiger partial charge on any atom is 0.573 e. The molecule has 6 nitrogen and oxygen atoms in total. The normalized spacial score (nSPS) is 16.1. The SMILES string of the molecule is O=C(c1ccccc1C(F)(F)F)N1CCN(S(=O)(=O)c2ccc(OC(F)(F)F)cc2)CC1. The van der Waals surface area contributed by atoms with Crippen molar-refractivity contribution in [3.63, 3.8) is 0 Å². The lowest BCUT2D eigenvalue weighted by molar-refractivity contribution is -0.274. The van der Waals surface area contributed by atoms with Crippen molar-refractivity contribution in [2.45, 2.75) is 17.4 Å². The fraction of sp³-hybridized carbons (Fsp3) is 0.316. The van der Waals surface area contributed by atoms with E-state index in [-0.39, 0.29) is 31.1 Å². The zero-order valence-electron chi connectivity index (χ0n) is 16.2. The van der Waals surface area contributed by atoms with Gasteiger partial charge in [0, 0.05) is 26.2 Å². The van der Waals surface area contributed by atoms with Crippen LogP contribution in [-0.4, -0.2) is 56.1 Å². The quantitative estimate of drug-likeness (QED) is 0.623. The van der Waals surface area contributed by atoms with E-state index in [2.05, 4.69) is 4.74 Å². The second kappa shape index (κ2) is 8.62. The first-order chi connectivity index (χ1) is 14.8. The van der Waals surface area contributed by atoms with Crippen LogP contribution in [0.4, 0.5) is 26.3 Å². The molecule has 2 aromatic carbocycles. The Hall–Kier alpha value is -2.80. The topological polar surface area (TPSA) is 66.9 Å². The summed E-state index contributed by atoms with van der Waals surface area (Å²) < 4.78 is 106. The molecule has 0 atom stereocenters. The fourth-order valence-corrected chi connectivity index (χ4v) is 4.60. The second-order valence-corrected chi connectivity index (χ2v) is 8.70. The molecular formula is C19H16F6N2O4S. The minimum atomic E-state index is -4.92. The van der Waals surface area contributed by atoms with E-state index in [1.807, 2.05) is 0 Å². The third-order valence-corrected chi connectivity index (χ3v) is 6.60. The molecule has 1 aliphatic heterocycles. The molecule has 2 aromatic rings. The Bertz CT molecular complexity index is 1080. The number of carbonyl (C=O) groups is 1. The molecule has 3 rings (SSSR count). The highest BCUT2D eigenvalue weighted by Gasteiger charge is 2.37. The number of amides is 1. The largest absolute Gasteiger partial charge is 0.573 e. The summed E-state index contributed by atoms with van der Waals surface area (Å²) in [5.41, 5.74) is -1.61. The van der Waals surface area contributed by atoms with E-state index in [0.717, 1.165) is 51.7 Å². The van der Waals surface area contributed by atoms with Crippen molar-refractivity contribution < 1.29 is 44.3 Å².